The second-order valence-corrected chi connectivity index (χ2v) is 8.44. The monoisotopic (exact) mass is 489 g/mol. The quantitative estimate of drug-likeness (QED) is 0.374. The zero-order chi connectivity index (χ0) is 22.7. The van der Waals surface area contributed by atoms with E-state index in [2.05, 4.69) is 69.0 Å². The van der Waals surface area contributed by atoms with Gasteiger partial charge in [0.2, 0.25) is 0 Å². The number of benzene rings is 3. The first-order valence-corrected chi connectivity index (χ1v) is 11.2. The van der Waals surface area contributed by atoms with Gasteiger partial charge >= 0.3 is 6.03 Å². The molecular weight excluding hydrogens is 466 g/mol. The molecule has 2 heterocycles. The number of H-pyrrole nitrogens is 1. The molecule has 7 heteroatoms. The van der Waals surface area contributed by atoms with Gasteiger partial charge in [-0.2, -0.15) is 4.99 Å². The van der Waals surface area contributed by atoms with Crippen LogP contribution in [0, 0.1) is 6.92 Å². The molecule has 3 N–H and O–H groups in total. The van der Waals surface area contributed by atoms with Crippen LogP contribution in [0.3, 0.4) is 0 Å². The molecule has 32 heavy (non-hydrogen) atoms. The van der Waals surface area contributed by atoms with Crippen molar-refractivity contribution in [3.63, 3.8) is 0 Å². The lowest BCUT2D eigenvalue weighted by Crippen LogP contribution is -2.33. The molecule has 0 spiro atoms. The zero-order valence-corrected chi connectivity index (χ0v) is 19.5. The number of rotatable bonds is 3. The Morgan fingerprint density at radius 1 is 1.09 bits per heavy atom. The van der Waals surface area contributed by atoms with Crippen molar-refractivity contribution in [2.24, 2.45) is 10.7 Å². The molecule has 0 aliphatic carbocycles. The highest BCUT2D eigenvalue weighted by Gasteiger charge is 2.35. The first-order valence-electron chi connectivity index (χ1n) is 10.4. The summed E-state index contributed by atoms with van der Waals surface area (Å²) in [6.45, 7) is 4.33. The molecule has 4 aromatic rings. The van der Waals surface area contributed by atoms with E-state index < -0.39 is 6.04 Å². The standard InChI is InChI=1S/C16H12BrN5O.C9H12/c17-10-3-1-9(2-4-10)14-15(18)21-16(23)22(14)11-5-6-12-13(7-11)20-8-19-12;1-3-9-7-5-4-6-8(9)2/h1-8,14H,(H,19,20)(H2,18,21,23);4-7H,3H2,1-2H3. The van der Waals surface area contributed by atoms with E-state index in [0.717, 1.165) is 33.2 Å². The molecule has 1 atom stereocenters. The van der Waals surface area contributed by atoms with Gasteiger partial charge in [0.15, 0.2) is 0 Å². The molecular formula is C25H24BrN5O. The van der Waals surface area contributed by atoms with E-state index >= 15 is 0 Å². The lowest BCUT2D eigenvalue weighted by atomic mass is 10.0. The largest absolute Gasteiger partial charge is 0.385 e. The van der Waals surface area contributed by atoms with Crippen LogP contribution in [-0.2, 0) is 6.42 Å². The molecule has 2 amide bonds. The minimum absolute atomic E-state index is 0.294. The molecule has 5 rings (SSSR count). The van der Waals surface area contributed by atoms with Gasteiger partial charge in [-0.3, -0.25) is 4.90 Å². The Morgan fingerprint density at radius 2 is 1.84 bits per heavy atom. The molecule has 0 radical (unpaired) electrons. The van der Waals surface area contributed by atoms with Gasteiger partial charge < -0.3 is 10.7 Å². The number of carbonyl (C=O) groups excluding carboxylic acids is 1. The maximum absolute atomic E-state index is 12.3. The van der Waals surface area contributed by atoms with E-state index in [9.17, 15) is 4.79 Å². The summed E-state index contributed by atoms with van der Waals surface area (Å²) in [4.78, 5) is 25.1. The molecule has 0 saturated heterocycles. The highest BCUT2D eigenvalue weighted by atomic mass is 79.9. The van der Waals surface area contributed by atoms with Crippen LogP contribution in [0.2, 0.25) is 0 Å². The van der Waals surface area contributed by atoms with Crippen LogP contribution in [0.4, 0.5) is 10.5 Å². The van der Waals surface area contributed by atoms with Gasteiger partial charge in [-0.05, 0) is 60.4 Å². The van der Waals surface area contributed by atoms with Gasteiger partial charge in [-0.15, -0.1) is 0 Å². The molecule has 0 fully saturated rings. The number of nitrogens with one attached hydrogen (secondary N) is 1. The number of hydrogen-bond acceptors (Lipinski definition) is 3. The highest BCUT2D eigenvalue weighted by molar-refractivity contribution is 9.10. The number of amides is 2. The number of aryl methyl sites for hydroxylation is 2. The maximum atomic E-state index is 12.3. The number of urea groups is 1. The average Bonchev–Trinajstić information content (AvgIpc) is 3.38. The average molecular weight is 490 g/mol. The summed E-state index contributed by atoms with van der Waals surface area (Å²) in [5.41, 5.74) is 12.2. The summed E-state index contributed by atoms with van der Waals surface area (Å²) in [6, 6.07) is 21.0. The van der Waals surface area contributed by atoms with Crippen LogP contribution >= 0.6 is 15.9 Å². The second-order valence-electron chi connectivity index (χ2n) is 7.53. The molecule has 1 aliphatic heterocycles. The number of imidazole rings is 1. The fourth-order valence-electron chi connectivity index (χ4n) is 3.77. The van der Waals surface area contributed by atoms with Crippen LogP contribution in [-0.4, -0.2) is 21.8 Å². The van der Waals surface area contributed by atoms with Crippen LogP contribution in [0.25, 0.3) is 11.0 Å². The smallest absolute Gasteiger partial charge is 0.350 e. The Kier molecular flexibility index (Phi) is 6.37. The van der Waals surface area contributed by atoms with Crippen molar-refractivity contribution in [2.45, 2.75) is 26.3 Å². The van der Waals surface area contributed by atoms with Crippen molar-refractivity contribution < 1.29 is 4.79 Å². The van der Waals surface area contributed by atoms with E-state index in [-0.39, 0.29) is 6.03 Å². The van der Waals surface area contributed by atoms with Crippen molar-refractivity contribution in [3.8, 4) is 0 Å². The molecule has 1 aliphatic rings. The van der Waals surface area contributed by atoms with Gasteiger partial charge in [0.05, 0.1) is 17.4 Å². The van der Waals surface area contributed by atoms with Crippen molar-refractivity contribution in [1.82, 2.24) is 9.97 Å². The third-order valence-corrected chi connectivity index (χ3v) is 6.01. The SMILES string of the molecule is CCc1ccccc1C.NC1=NC(=O)N(c2ccc3nc[nH]c3c2)C1c1ccc(Br)cc1. The first kappa shape index (κ1) is 21.8. The molecule has 1 aromatic heterocycles. The van der Waals surface area contributed by atoms with Gasteiger partial charge in [0.1, 0.15) is 11.9 Å². The van der Waals surface area contributed by atoms with Crippen molar-refractivity contribution in [1.29, 1.82) is 0 Å². The van der Waals surface area contributed by atoms with Crippen molar-refractivity contribution in [3.05, 3.63) is 94.2 Å². The Bertz CT molecular complexity index is 1280. The fraction of sp³-hybridized carbons (Fsp3) is 0.160. The molecule has 6 nitrogen and oxygen atoms in total. The molecule has 0 bridgehead atoms. The summed E-state index contributed by atoms with van der Waals surface area (Å²) >= 11 is 3.41. The summed E-state index contributed by atoms with van der Waals surface area (Å²) in [6.07, 6.45) is 2.77. The number of halogens is 1. The van der Waals surface area contributed by atoms with Crippen molar-refractivity contribution >= 4 is 44.5 Å². The highest BCUT2D eigenvalue weighted by Crippen LogP contribution is 2.34. The molecule has 3 aromatic carbocycles. The number of carbonyl (C=O) groups is 1. The lowest BCUT2D eigenvalue weighted by molar-refractivity contribution is 0.255. The Balaban J connectivity index is 0.000000230. The van der Waals surface area contributed by atoms with Crippen LogP contribution in [0.5, 0.6) is 0 Å². The predicted molar refractivity (Wildman–Crippen MR) is 133 cm³/mol. The summed E-state index contributed by atoms with van der Waals surface area (Å²) in [5.74, 6) is 0.294. The minimum atomic E-state index is -0.407. The van der Waals surface area contributed by atoms with Crippen LogP contribution < -0.4 is 10.6 Å². The minimum Gasteiger partial charge on any atom is -0.385 e. The Morgan fingerprint density at radius 3 is 2.53 bits per heavy atom. The first-order chi connectivity index (χ1) is 15.5. The lowest BCUT2D eigenvalue weighted by Gasteiger charge is -2.24. The van der Waals surface area contributed by atoms with E-state index in [1.54, 1.807) is 11.2 Å². The van der Waals surface area contributed by atoms with Gasteiger partial charge in [0.25, 0.3) is 0 Å². The third kappa shape index (κ3) is 4.43. The number of aromatic nitrogens is 2. The number of aliphatic imine (C=N–C) groups is 1. The van der Waals surface area contributed by atoms with Crippen LogP contribution in [0.1, 0.15) is 29.7 Å². The molecule has 0 saturated carbocycles. The Labute approximate surface area is 195 Å². The molecule has 162 valence electrons. The topological polar surface area (TPSA) is 87.4 Å². The number of hydrogen-bond donors (Lipinski definition) is 2. The van der Waals surface area contributed by atoms with Crippen molar-refractivity contribution in [2.75, 3.05) is 4.90 Å². The van der Waals surface area contributed by atoms with Gasteiger partial charge in [-0.1, -0.05) is 59.3 Å². The number of anilines is 1. The summed E-state index contributed by atoms with van der Waals surface area (Å²) < 4.78 is 0.964. The second kappa shape index (κ2) is 9.36. The number of fused-ring (bicyclic) bond motifs is 1. The van der Waals surface area contributed by atoms with Crippen LogP contribution in [0.15, 0.2) is 82.5 Å². The predicted octanol–water partition coefficient (Wildman–Crippen LogP) is 5.92. The van der Waals surface area contributed by atoms with Gasteiger partial charge in [-0.25, -0.2) is 9.78 Å². The zero-order valence-electron chi connectivity index (χ0n) is 17.9. The van der Waals surface area contributed by atoms with E-state index in [0.29, 0.717) is 5.84 Å². The Hall–Kier alpha value is -3.45. The maximum Gasteiger partial charge on any atom is 0.350 e. The fourth-order valence-corrected chi connectivity index (χ4v) is 4.04. The van der Waals surface area contributed by atoms with E-state index in [1.165, 1.54) is 11.1 Å². The third-order valence-electron chi connectivity index (χ3n) is 5.48. The van der Waals surface area contributed by atoms with Gasteiger partial charge in [0, 0.05) is 10.2 Å². The summed E-state index contributed by atoms with van der Waals surface area (Å²) in [5, 5.41) is 0. The molecule has 1 unspecified atom stereocenters. The summed E-state index contributed by atoms with van der Waals surface area (Å²) in [7, 11) is 0. The number of amidine groups is 1. The van der Waals surface area contributed by atoms with E-state index in [1.807, 2.05) is 42.5 Å². The number of aromatic amines is 1. The number of nitrogens with two attached hydrogens (primary N) is 1. The normalized spacial score (nSPS) is 15.5. The van der Waals surface area contributed by atoms with E-state index in [4.69, 9.17) is 5.73 Å². The number of nitrogens with zero attached hydrogens (tertiary/aromatic N) is 3.